The summed E-state index contributed by atoms with van der Waals surface area (Å²) in [5, 5.41) is 23.2. The molecule has 0 aromatic heterocycles. The molecule has 0 atom stereocenters. The van der Waals surface area contributed by atoms with Gasteiger partial charge in [0.1, 0.15) is 0 Å². The van der Waals surface area contributed by atoms with Crippen molar-refractivity contribution in [3.63, 3.8) is 0 Å². The molecular formula is C12H17ClN2O2. The molecule has 0 saturated carbocycles. The number of benzene rings is 1. The monoisotopic (exact) mass is 256 g/mol. The predicted octanol–water partition coefficient (Wildman–Crippen LogP) is 1.46. The zero-order valence-corrected chi connectivity index (χ0v) is 10.6. The van der Waals surface area contributed by atoms with Crippen LogP contribution in [0.4, 0.5) is 0 Å². The van der Waals surface area contributed by atoms with Crippen molar-refractivity contribution in [2.45, 2.75) is 13.5 Å². The molecule has 3 N–H and O–H groups in total. The zero-order valence-electron chi connectivity index (χ0n) is 9.83. The lowest BCUT2D eigenvalue weighted by Crippen LogP contribution is -2.43. The molecule has 17 heavy (non-hydrogen) atoms. The van der Waals surface area contributed by atoms with Crippen LogP contribution in [0.1, 0.15) is 11.1 Å². The van der Waals surface area contributed by atoms with Crippen molar-refractivity contribution in [1.29, 1.82) is 0 Å². The van der Waals surface area contributed by atoms with Crippen molar-refractivity contribution in [3.05, 3.63) is 22.2 Å². The molecule has 1 aliphatic heterocycles. The lowest BCUT2D eigenvalue weighted by atomic mass is 10.1. The van der Waals surface area contributed by atoms with Crippen molar-refractivity contribution in [1.82, 2.24) is 10.2 Å². The van der Waals surface area contributed by atoms with Crippen LogP contribution in [0.3, 0.4) is 0 Å². The number of hydrogen-bond donors (Lipinski definition) is 3. The first-order valence-electron chi connectivity index (χ1n) is 5.72. The van der Waals surface area contributed by atoms with E-state index in [1.165, 1.54) is 6.07 Å². The van der Waals surface area contributed by atoms with E-state index in [1.54, 1.807) is 0 Å². The van der Waals surface area contributed by atoms with Gasteiger partial charge < -0.3 is 15.5 Å². The number of rotatable bonds is 2. The zero-order chi connectivity index (χ0) is 12.4. The Kier molecular flexibility index (Phi) is 3.76. The highest BCUT2D eigenvalue weighted by Gasteiger charge is 2.17. The Balaban J connectivity index is 2.24. The molecule has 0 radical (unpaired) electrons. The number of hydrogen-bond acceptors (Lipinski definition) is 4. The van der Waals surface area contributed by atoms with Gasteiger partial charge in [-0.25, -0.2) is 0 Å². The van der Waals surface area contributed by atoms with Crippen molar-refractivity contribution in [3.8, 4) is 11.5 Å². The normalized spacial score (nSPS) is 17.3. The lowest BCUT2D eigenvalue weighted by Gasteiger charge is -2.28. The van der Waals surface area contributed by atoms with E-state index in [9.17, 15) is 10.2 Å². The van der Waals surface area contributed by atoms with Crippen molar-refractivity contribution in [2.24, 2.45) is 0 Å². The summed E-state index contributed by atoms with van der Waals surface area (Å²) >= 11 is 6.01. The highest BCUT2D eigenvalue weighted by Crippen LogP contribution is 2.36. The first-order valence-corrected chi connectivity index (χ1v) is 6.10. The molecule has 5 heteroatoms. The SMILES string of the molecule is Cc1c(Cl)cc(O)c(O)c1CN1CCNCC1. The fourth-order valence-electron chi connectivity index (χ4n) is 2.06. The van der Waals surface area contributed by atoms with Crippen LogP contribution in [0.15, 0.2) is 6.07 Å². The van der Waals surface area contributed by atoms with Crippen LogP contribution in [0, 0.1) is 6.92 Å². The fraction of sp³-hybridized carbons (Fsp3) is 0.500. The summed E-state index contributed by atoms with van der Waals surface area (Å²) in [4.78, 5) is 2.23. The fourth-order valence-corrected chi connectivity index (χ4v) is 2.28. The number of nitrogens with zero attached hydrogens (tertiary/aromatic N) is 1. The highest BCUT2D eigenvalue weighted by molar-refractivity contribution is 6.31. The standard InChI is InChI=1S/C12H17ClN2O2/c1-8-9(7-15-4-2-14-3-5-15)12(17)11(16)6-10(8)13/h6,14,16-17H,2-5,7H2,1H3. The van der Waals surface area contributed by atoms with Crippen LogP contribution < -0.4 is 5.32 Å². The number of phenols is 2. The second-order valence-electron chi connectivity index (χ2n) is 4.36. The summed E-state index contributed by atoms with van der Waals surface area (Å²) in [6, 6.07) is 1.38. The van der Waals surface area contributed by atoms with Crippen LogP contribution >= 0.6 is 11.6 Å². The van der Waals surface area contributed by atoms with Gasteiger partial charge in [0, 0.05) is 49.4 Å². The molecule has 0 amide bonds. The smallest absolute Gasteiger partial charge is 0.162 e. The van der Waals surface area contributed by atoms with E-state index in [0.717, 1.165) is 37.3 Å². The lowest BCUT2D eigenvalue weighted by molar-refractivity contribution is 0.229. The molecule has 0 bridgehead atoms. The van der Waals surface area contributed by atoms with Crippen LogP contribution in [-0.2, 0) is 6.54 Å². The molecule has 0 spiro atoms. The third-order valence-corrected chi connectivity index (χ3v) is 3.59. The van der Waals surface area contributed by atoms with Gasteiger partial charge in [0.15, 0.2) is 11.5 Å². The first-order chi connectivity index (χ1) is 8.09. The van der Waals surface area contributed by atoms with E-state index in [4.69, 9.17) is 11.6 Å². The van der Waals surface area contributed by atoms with E-state index in [0.29, 0.717) is 11.6 Å². The van der Waals surface area contributed by atoms with Gasteiger partial charge in [-0.15, -0.1) is 0 Å². The van der Waals surface area contributed by atoms with Crippen molar-refractivity contribution >= 4 is 11.6 Å². The molecule has 1 saturated heterocycles. The van der Waals surface area contributed by atoms with E-state index in [-0.39, 0.29) is 11.5 Å². The van der Waals surface area contributed by atoms with Gasteiger partial charge in [-0.05, 0) is 12.5 Å². The quantitative estimate of drug-likeness (QED) is 0.702. The maximum absolute atomic E-state index is 9.88. The Morgan fingerprint density at radius 2 is 2.00 bits per heavy atom. The molecule has 1 fully saturated rings. The second-order valence-corrected chi connectivity index (χ2v) is 4.76. The molecule has 1 aromatic carbocycles. The largest absolute Gasteiger partial charge is 0.504 e. The average molecular weight is 257 g/mol. The minimum absolute atomic E-state index is 0.0505. The van der Waals surface area contributed by atoms with Crippen LogP contribution in [-0.4, -0.2) is 41.3 Å². The molecule has 2 rings (SSSR count). The Morgan fingerprint density at radius 1 is 1.35 bits per heavy atom. The van der Waals surface area contributed by atoms with Crippen molar-refractivity contribution in [2.75, 3.05) is 26.2 Å². The van der Waals surface area contributed by atoms with E-state index in [1.807, 2.05) is 6.92 Å². The van der Waals surface area contributed by atoms with Crippen LogP contribution in [0.5, 0.6) is 11.5 Å². The van der Waals surface area contributed by atoms with E-state index in [2.05, 4.69) is 10.2 Å². The Labute approximate surface area is 106 Å². The van der Waals surface area contributed by atoms with Crippen LogP contribution in [0.2, 0.25) is 5.02 Å². The Hall–Kier alpha value is -0.970. The van der Waals surface area contributed by atoms with Gasteiger partial charge in [-0.1, -0.05) is 11.6 Å². The first kappa shape index (κ1) is 12.5. The molecule has 0 aliphatic carbocycles. The third kappa shape index (κ3) is 2.65. The summed E-state index contributed by atoms with van der Waals surface area (Å²) in [5.41, 5.74) is 1.55. The maximum atomic E-state index is 9.88. The number of piperazine rings is 1. The average Bonchev–Trinajstić information content (AvgIpc) is 2.33. The van der Waals surface area contributed by atoms with E-state index < -0.39 is 0 Å². The molecule has 94 valence electrons. The van der Waals surface area contributed by atoms with Gasteiger partial charge in [0.05, 0.1) is 0 Å². The second kappa shape index (κ2) is 5.12. The number of phenolic OH excluding ortho intramolecular Hbond substituents is 2. The van der Waals surface area contributed by atoms with Gasteiger partial charge in [-0.2, -0.15) is 0 Å². The molecular weight excluding hydrogens is 240 g/mol. The number of halogens is 1. The maximum Gasteiger partial charge on any atom is 0.162 e. The summed E-state index contributed by atoms with van der Waals surface area (Å²) in [5.74, 6) is -0.198. The molecule has 1 heterocycles. The van der Waals surface area contributed by atoms with Gasteiger partial charge in [-0.3, -0.25) is 4.90 Å². The molecule has 1 aromatic rings. The Bertz CT molecular complexity index is 391. The minimum atomic E-state index is -0.147. The van der Waals surface area contributed by atoms with Crippen molar-refractivity contribution < 1.29 is 10.2 Å². The topological polar surface area (TPSA) is 55.7 Å². The molecule has 0 unspecified atom stereocenters. The molecule has 1 aliphatic rings. The van der Waals surface area contributed by atoms with E-state index >= 15 is 0 Å². The number of nitrogens with one attached hydrogen (secondary N) is 1. The summed E-state index contributed by atoms with van der Waals surface area (Å²) in [7, 11) is 0. The van der Waals surface area contributed by atoms with Gasteiger partial charge in [0.2, 0.25) is 0 Å². The number of aromatic hydroxyl groups is 2. The summed E-state index contributed by atoms with van der Waals surface area (Å²) < 4.78 is 0. The minimum Gasteiger partial charge on any atom is -0.504 e. The highest BCUT2D eigenvalue weighted by atomic mass is 35.5. The Morgan fingerprint density at radius 3 is 2.65 bits per heavy atom. The summed E-state index contributed by atoms with van der Waals surface area (Å²) in [6.45, 7) is 6.25. The van der Waals surface area contributed by atoms with Gasteiger partial charge in [0.25, 0.3) is 0 Å². The summed E-state index contributed by atoms with van der Waals surface area (Å²) in [6.07, 6.45) is 0. The third-order valence-electron chi connectivity index (χ3n) is 3.19. The van der Waals surface area contributed by atoms with Crippen LogP contribution in [0.25, 0.3) is 0 Å². The molecule has 4 nitrogen and oxygen atoms in total. The predicted molar refractivity (Wildman–Crippen MR) is 67.7 cm³/mol. The van der Waals surface area contributed by atoms with Gasteiger partial charge >= 0.3 is 0 Å².